The van der Waals surface area contributed by atoms with Crippen molar-refractivity contribution < 1.29 is 9.90 Å². The zero-order valence-corrected chi connectivity index (χ0v) is 11.3. The lowest BCUT2D eigenvalue weighted by Crippen LogP contribution is -2.27. The normalized spacial score (nSPS) is 19.8. The van der Waals surface area contributed by atoms with Gasteiger partial charge in [0, 0.05) is 18.7 Å². The number of carbonyl (C=O) groups excluding carboxylic acids is 1. The molecule has 0 unspecified atom stereocenters. The Hall–Kier alpha value is -1.51. The number of carbonyl (C=O) groups is 1. The van der Waals surface area contributed by atoms with Crippen LogP contribution in [0, 0.1) is 5.92 Å². The van der Waals surface area contributed by atoms with Gasteiger partial charge in [0.2, 0.25) is 0 Å². The first-order valence-electron chi connectivity index (χ1n) is 7.35. The molecule has 1 aromatic carbocycles. The Bertz CT molecular complexity index is 478. The zero-order chi connectivity index (χ0) is 13.2. The predicted molar refractivity (Wildman–Crippen MR) is 74.0 cm³/mol. The fraction of sp³-hybridized carbons (Fsp3) is 0.562. The number of nitrogens with zero attached hydrogens (tertiary/aromatic N) is 1. The first kappa shape index (κ1) is 12.5. The van der Waals surface area contributed by atoms with Gasteiger partial charge < -0.3 is 10.0 Å². The average Bonchev–Trinajstić information content (AvgIpc) is 2.74. The molecular formula is C16H21NO2. The smallest absolute Gasteiger partial charge is 0.254 e. The standard InChI is InChI=1S/C16H21NO2/c18-14-7-6-13-11-17(16(19)15(13)10-14)9-8-12-4-2-1-3-5-12/h6-7,10,12,18H,1-5,8-9,11H2. The molecule has 19 heavy (non-hydrogen) atoms. The minimum atomic E-state index is 0.0849. The Morgan fingerprint density at radius 3 is 2.79 bits per heavy atom. The molecule has 0 saturated heterocycles. The topological polar surface area (TPSA) is 40.5 Å². The molecule has 0 aromatic heterocycles. The van der Waals surface area contributed by atoms with Crippen molar-refractivity contribution in [2.24, 2.45) is 5.92 Å². The van der Waals surface area contributed by atoms with E-state index in [-0.39, 0.29) is 11.7 Å². The number of amides is 1. The number of hydrogen-bond donors (Lipinski definition) is 1. The van der Waals surface area contributed by atoms with Crippen molar-refractivity contribution in [1.82, 2.24) is 4.90 Å². The number of phenolic OH excluding ortho intramolecular Hbond substituents is 1. The van der Waals surface area contributed by atoms with Crippen LogP contribution in [0.3, 0.4) is 0 Å². The van der Waals surface area contributed by atoms with Gasteiger partial charge in [0.1, 0.15) is 5.75 Å². The molecule has 1 amide bonds. The van der Waals surface area contributed by atoms with E-state index in [9.17, 15) is 9.90 Å². The van der Waals surface area contributed by atoms with Crippen LogP contribution >= 0.6 is 0 Å². The lowest BCUT2D eigenvalue weighted by molar-refractivity contribution is 0.0765. The highest BCUT2D eigenvalue weighted by atomic mass is 16.3. The van der Waals surface area contributed by atoms with Gasteiger partial charge in [0.25, 0.3) is 5.91 Å². The van der Waals surface area contributed by atoms with E-state index in [0.717, 1.165) is 24.4 Å². The molecule has 0 atom stereocenters. The maximum Gasteiger partial charge on any atom is 0.254 e. The molecular weight excluding hydrogens is 238 g/mol. The minimum absolute atomic E-state index is 0.0849. The van der Waals surface area contributed by atoms with Gasteiger partial charge in [-0.25, -0.2) is 0 Å². The summed E-state index contributed by atoms with van der Waals surface area (Å²) in [5.74, 6) is 1.07. The monoisotopic (exact) mass is 259 g/mol. The summed E-state index contributed by atoms with van der Waals surface area (Å²) < 4.78 is 0. The lowest BCUT2D eigenvalue weighted by Gasteiger charge is -2.24. The number of phenols is 1. The molecule has 1 aromatic rings. The van der Waals surface area contributed by atoms with E-state index in [1.54, 1.807) is 12.1 Å². The van der Waals surface area contributed by atoms with Crippen LogP contribution in [0.15, 0.2) is 18.2 Å². The van der Waals surface area contributed by atoms with Crippen LogP contribution in [0.4, 0.5) is 0 Å². The van der Waals surface area contributed by atoms with E-state index >= 15 is 0 Å². The fourth-order valence-electron chi connectivity index (χ4n) is 3.34. The summed E-state index contributed by atoms with van der Waals surface area (Å²) in [5.41, 5.74) is 1.73. The van der Waals surface area contributed by atoms with Crippen molar-refractivity contribution in [2.45, 2.75) is 45.1 Å². The number of hydrogen-bond acceptors (Lipinski definition) is 2. The maximum absolute atomic E-state index is 12.2. The van der Waals surface area contributed by atoms with E-state index in [1.807, 2.05) is 11.0 Å². The van der Waals surface area contributed by atoms with E-state index in [0.29, 0.717) is 12.1 Å². The molecule has 1 heterocycles. The molecule has 102 valence electrons. The van der Waals surface area contributed by atoms with Gasteiger partial charge in [0.05, 0.1) is 0 Å². The highest BCUT2D eigenvalue weighted by molar-refractivity contribution is 5.98. The van der Waals surface area contributed by atoms with Crippen molar-refractivity contribution in [1.29, 1.82) is 0 Å². The Morgan fingerprint density at radius 2 is 2.00 bits per heavy atom. The molecule has 1 aliphatic heterocycles. The SMILES string of the molecule is O=C1c2cc(O)ccc2CN1CCC1CCCCC1. The molecule has 3 rings (SSSR count). The Labute approximate surface area is 114 Å². The molecule has 1 aliphatic carbocycles. The number of rotatable bonds is 3. The number of fused-ring (bicyclic) bond motifs is 1. The lowest BCUT2D eigenvalue weighted by atomic mass is 9.87. The summed E-state index contributed by atoms with van der Waals surface area (Å²) in [6, 6.07) is 5.12. The van der Waals surface area contributed by atoms with E-state index in [1.165, 1.54) is 32.1 Å². The van der Waals surface area contributed by atoms with Gasteiger partial charge in [-0.05, 0) is 30.0 Å². The van der Waals surface area contributed by atoms with Gasteiger partial charge in [-0.2, -0.15) is 0 Å². The van der Waals surface area contributed by atoms with Crippen molar-refractivity contribution >= 4 is 5.91 Å². The van der Waals surface area contributed by atoms with Crippen molar-refractivity contribution in [3.8, 4) is 5.75 Å². The van der Waals surface area contributed by atoms with Gasteiger partial charge in [0.15, 0.2) is 0 Å². The molecule has 0 radical (unpaired) electrons. The molecule has 1 saturated carbocycles. The molecule has 2 aliphatic rings. The Balaban J connectivity index is 1.60. The molecule has 3 nitrogen and oxygen atoms in total. The predicted octanol–water partition coefficient (Wildman–Crippen LogP) is 3.32. The minimum Gasteiger partial charge on any atom is -0.508 e. The molecule has 1 fully saturated rings. The average molecular weight is 259 g/mol. The number of benzene rings is 1. The van der Waals surface area contributed by atoms with Crippen LogP contribution in [0.1, 0.15) is 54.4 Å². The van der Waals surface area contributed by atoms with Gasteiger partial charge in [-0.1, -0.05) is 38.2 Å². The van der Waals surface area contributed by atoms with Crippen LogP contribution in [-0.2, 0) is 6.54 Å². The van der Waals surface area contributed by atoms with Gasteiger partial charge in [-0.15, -0.1) is 0 Å². The van der Waals surface area contributed by atoms with E-state index in [4.69, 9.17) is 0 Å². The van der Waals surface area contributed by atoms with Crippen LogP contribution in [-0.4, -0.2) is 22.5 Å². The molecule has 1 N–H and O–H groups in total. The van der Waals surface area contributed by atoms with Crippen molar-refractivity contribution in [3.05, 3.63) is 29.3 Å². The van der Waals surface area contributed by atoms with Crippen molar-refractivity contribution in [2.75, 3.05) is 6.54 Å². The Kier molecular flexibility index (Phi) is 3.45. The Morgan fingerprint density at radius 1 is 1.21 bits per heavy atom. The zero-order valence-electron chi connectivity index (χ0n) is 11.3. The van der Waals surface area contributed by atoms with Crippen LogP contribution < -0.4 is 0 Å². The second kappa shape index (κ2) is 5.24. The second-order valence-electron chi connectivity index (χ2n) is 5.86. The third-order valence-corrected chi connectivity index (χ3v) is 4.50. The molecule has 0 bridgehead atoms. The summed E-state index contributed by atoms with van der Waals surface area (Å²) >= 11 is 0. The highest BCUT2D eigenvalue weighted by Crippen LogP contribution is 2.29. The summed E-state index contributed by atoms with van der Waals surface area (Å²) in [7, 11) is 0. The third kappa shape index (κ3) is 2.60. The third-order valence-electron chi connectivity index (χ3n) is 4.50. The molecule has 0 spiro atoms. The van der Waals surface area contributed by atoms with E-state index < -0.39 is 0 Å². The first-order valence-corrected chi connectivity index (χ1v) is 7.35. The fourth-order valence-corrected chi connectivity index (χ4v) is 3.34. The summed E-state index contributed by atoms with van der Waals surface area (Å²) in [4.78, 5) is 14.2. The maximum atomic E-state index is 12.2. The largest absolute Gasteiger partial charge is 0.508 e. The van der Waals surface area contributed by atoms with Gasteiger partial charge >= 0.3 is 0 Å². The van der Waals surface area contributed by atoms with Crippen molar-refractivity contribution in [3.63, 3.8) is 0 Å². The second-order valence-corrected chi connectivity index (χ2v) is 5.86. The quantitative estimate of drug-likeness (QED) is 0.904. The number of aromatic hydroxyl groups is 1. The van der Waals surface area contributed by atoms with Crippen LogP contribution in [0.2, 0.25) is 0 Å². The highest BCUT2D eigenvalue weighted by Gasteiger charge is 2.28. The van der Waals surface area contributed by atoms with E-state index in [2.05, 4.69) is 0 Å². The van der Waals surface area contributed by atoms with Gasteiger partial charge in [-0.3, -0.25) is 4.79 Å². The summed E-state index contributed by atoms with van der Waals surface area (Å²) in [5, 5.41) is 9.46. The van der Waals surface area contributed by atoms with Crippen LogP contribution in [0.25, 0.3) is 0 Å². The summed E-state index contributed by atoms with van der Waals surface area (Å²) in [6.07, 6.45) is 7.88. The van der Waals surface area contributed by atoms with Crippen LogP contribution in [0.5, 0.6) is 5.75 Å². The summed E-state index contributed by atoms with van der Waals surface area (Å²) in [6.45, 7) is 1.57. The first-order chi connectivity index (χ1) is 9.24. The molecule has 3 heteroatoms.